The summed E-state index contributed by atoms with van der Waals surface area (Å²) in [5, 5.41) is 5.70. The van der Waals surface area contributed by atoms with Gasteiger partial charge in [-0.2, -0.15) is 0 Å². The minimum atomic E-state index is -0.579. The van der Waals surface area contributed by atoms with Gasteiger partial charge >= 0.3 is 6.03 Å². The van der Waals surface area contributed by atoms with Crippen LogP contribution in [0.2, 0.25) is 0 Å². The van der Waals surface area contributed by atoms with Crippen molar-refractivity contribution in [1.29, 1.82) is 0 Å². The summed E-state index contributed by atoms with van der Waals surface area (Å²) >= 11 is 0. The molecule has 2 aromatic carbocycles. The molecule has 0 aromatic heterocycles. The molecular formula is C21H25N3O2. The highest BCUT2D eigenvalue weighted by Gasteiger charge is 2.32. The van der Waals surface area contributed by atoms with E-state index in [1.54, 1.807) is 4.90 Å². The van der Waals surface area contributed by atoms with E-state index in [-0.39, 0.29) is 17.9 Å². The summed E-state index contributed by atoms with van der Waals surface area (Å²) < 4.78 is 0. The predicted octanol–water partition coefficient (Wildman–Crippen LogP) is 3.73. The van der Waals surface area contributed by atoms with Gasteiger partial charge in [0.05, 0.1) is 0 Å². The number of amides is 3. The fourth-order valence-electron chi connectivity index (χ4n) is 3.26. The lowest BCUT2D eigenvalue weighted by atomic mass is 10.0. The maximum absolute atomic E-state index is 13.1. The number of hydrogen-bond donors (Lipinski definition) is 2. The third-order valence-corrected chi connectivity index (χ3v) is 4.77. The Morgan fingerprint density at radius 3 is 2.46 bits per heavy atom. The van der Waals surface area contributed by atoms with Crippen molar-refractivity contribution in [3.63, 3.8) is 0 Å². The molecule has 0 aliphatic carbocycles. The fraction of sp³-hybridized carbons (Fsp3) is 0.333. The number of benzene rings is 2. The minimum absolute atomic E-state index is 0.0158. The Morgan fingerprint density at radius 2 is 1.73 bits per heavy atom. The van der Waals surface area contributed by atoms with Crippen LogP contribution in [-0.4, -0.2) is 24.5 Å². The highest BCUT2D eigenvalue weighted by molar-refractivity contribution is 6.02. The summed E-state index contributed by atoms with van der Waals surface area (Å²) in [5.41, 5.74) is 3.84. The number of carbonyl (C=O) groups excluding carboxylic acids is 2. The van der Waals surface area contributed by atoms with Crippen molar-refractivity contribution in [2.45, 2.75) is 33.2 Å². The fourth-order valence-corrected chi connectivity index (χ4v) is 3.26. The molecule has 136 valence electrons. The first-order valence-electron chi connectivity index (χ1n) is 9.00. The van der Waals surface area contributed by atoms with Crippen molar-refractivity contribution >= 4 is 23.3 Å². The second kappa shape index (κ2) is 7.60. The van der Waals surface area contributed by atoms with Crippen LogP contribution in [0.15, 0.2) is 48.5 Å². The van der Waals surface area contributed by atoms with Gasteiger partial charge in [-0.25, -0.2) is 4.79 Å². The van der Waals surface area contributed by atoms with E-state index >= 15 is 0 Å². The van der Waals surface area contributed by atoms with E-state index < -0.39 is 6.04 Å². The summed E-state index contributed by atoms with van der Waals surface area (Å²) in [4.78, 5) is 27.3. The van der Waals surface area contributed by atoms with Gasteiger partial charge < -0.3 is 15.5 Å². The monoisotopic (exact) mass is 351 g/mol. The summed E-state index contributed by atoms with van der Waals surface area (Å²) in [7, 11) is 0. The van der Waals surface area contributed by atoms with Crippen molar-refractivity contribution in [3.8, 4) is 0 Å². The number of nitrogens with one attached hydrogen (secondary N) is 2. The second-order valence-corrected chi connectivity index (χ2v) is 7.00. The van der Waals surface area contributed by atoms with Gasteiger partial charge in [0.15, 0.2) is 0 Å². The number of rotatable bonds is 4. The Kier molecular flexibility index (Phi) is 5.26. The molecule has 1 aliphatic heterocycles. The van der Waals surface area contributed by atoms with Gasteiger partial charge in [0.25, 0.3) is 0 Å². The predicted molar refractivity (Wildman–Crippen MR) is 104 cm³/mol. The molecule has 0 spiro atoms. The third-order valence-electron chi connectivity index (χ3n) is 4.77. The van der Waals surface area contributed by atoms with Crippen LogP contribution in [0.1, 0.15) is 25.0 Å². The molecular weight excluding hydrogens is 326 g/mol. The Bertz CT molecular complexity index is 816. The Hall–Kier alpha value is -2.82. The standard InChI is InChI=1S/C21H25N3O2/c1-14(2)19(23-21(26)22-17-10-6-4-8-15(17)3)20(25)24-13-12-16-9-5-7-11-18(16)24/h4-11,14,19H,12-13H2,1-3H3,(H2,22,23,26)/t19-/m1/s1. The van der Waals surface area contributed by atoms with Gasteiger partial charge in [-0.3, -0.25) is 4.79 Å². The smallest absolute Gasteiger partial charge is 0.319 e. The molecule has 2 N–H and O–H groups in total. The van der Waals surface area contributed by atoms with Crippen molar-refractivity contribution in [3.05, 3.63) is 59.7 Å². The third kappa shape index (κ3) is 3.72. The van der Waals surface area contributed by atoms with E-state index in [9.17, 15) is 9.59 Å². The molecule has 1 heterocycles. The molecule has 3 amide bonds. The highest BCUT2D eigenvalue weighted by Crippen LogP contribution is 2.28. The van der Waals surface area contributed by atoms with E-state index in [1.165, 1.54) is 5.56 Å². The van der Waals surface area contributed by atoms with Gasteiger partial charge in [-0.15, -0.1) is 0 Å². The number of aryl methyl sites for hydroxylation is 1. The zero-order chi connectivity index (χ0) is 18.7. The van der Waals surface area contributed by atoms with E-state index in [0.29, 0.717) is 6.54 Å². The van der Waals surface area contributed by atoms with Crippen molar-refractivity contribution < 1.29 is 9.59 Å². The first kappa shape index (κ1) is 18.0. The minimum Gasteiger partial charge on any atom is -0.326 e. The first-order valence-corrected chi connectivity index (χ1v) is 9.00. The lowest BCUT2D eigenvalue weighted by Crippen LogP contribution is -2.52. The number of fused-ring (bicyclic) bond motifs is 1. The maximum Gasteiger partial charge on any atom is 0.319 e. The Balaban J connectivity index is 1.72. The van der Waals surface area contributed by atoms with Crippen LogP contribution in [0.5, 0.6) is 0 Å². The second-order valence-electron chi connectivity index (χ2n) is 7.00. The Morgan fingerprint density at radius 1 is 1.04 bits per heavy atom. The zero-order valence-electron chi connectivity index (χ0n) is 15.5. The average molecular weight is 351 g/mol. The molecule has 5 nitrogen and oxygen atoms in total. The molecule has 1 aliphatic rings. The van der Waals surface area contributed by atoms with Crippen LogP contribution in [0, 0.1) is 12.8 Å². The van der Waals surface area contributed by atoms with Gasteiger partial charge in [-0.1, -0.05) is 50.2 Å². The molecule has 0 saturated heterocycles. The molecule has 2 aromatic rings. The number of hydrogen-bond acceptors (Lipinski definition) is 2. The summed E-state index contributed by atoms with van der Waals surface area (Å²) in [5.74, 6) is -0.0808. The van der Waals surface area contributed by atoms with Crippen LogP contribution >= 0.6 is 0 Å². The highest BCUT2D eigenvalue weighted by atomic mass is 16.2. The largest absolute Gasteiger partial charge is 0.326 e. The van der Waals surface area contributed by atoms with Crippen molar-refractivity contribution in [2.75, 3.05) is 16.8 Å². The van der Waals surface area contributed by atoms with Gasteiger partial charge in [0.2, 0.25) is 5.91 Å². The topological polar surface area (TPSA) is 61.4 Å². The van der Waals surface area contributed by atoms with Crippen molar-refractivity contribution in [2.24, 2.45) is 5.92 Å². The number of urea groups is 1. The van der Waals surface area contributed by atoms with E-state index in [0.717, 1.165) is 23.4 Å². The number of nitrogens with zero attached hydrogens (tertiary/aromatic N) is 1. The van der Waals surface area contributed by atoms with E-state index in [4.69, 9.17) is 0 Å². The first-order chi connectivity index (χ1) is 12.5. The number of carbonyl (C=O) groups is 2. The normalized spacial score (nSPS) is 14.1. The summed E-state index contributed by atoms with van der Waals surface area (Å²) in [6.45, 7) is 6.47. The molecule has 0 fully saturated rings. The van der Waals surface area contributed by atoms with Crippen LogP contribution in [0.3, 0.4) is 0 Å². The summed E-state index contributed by atoms with van der Waals surface area (Å²) in [6.07, 6.45) is 0.849. The SMILES string of the molecule is Cc1ccccc1NC(=O)N[C@@H](C(=O)N1CCc2ccccc21)C(C)C. The lowest BCUT2D eigenvalue weighted by molar-refractivity contribution is -0.121. The van der Waals surface area contributed by atoms with Crippen LogP contribution in [0.25, 0.3) is 0 Å². The molecule has 0 saturated carbocycles. The zero-order valence-corrected chi connectivity index (χ0v) is 15.5. The van der Waals surface area contributed by atoms with E-state index in [2.05, 4.69) is 10.6 Å². The lowest BCUT2D eigenvalue weighted by Gasteiger charge is -2.27. The molecule has 1 atom stereocenters. The summed E-state index contributed by atoms with van der Waals surface area (Å²) in [6, 6.07) is 14.6. The molecule has 0 bridgehead atoms. The van der Waals surface area contributed by atoms with Crippen LogP contribution in [0.4, 0.5) is 16.2 Å². The number of anilines is 2. The Labute approximate surface area is 154 Å². The number of para-hydroxylation sites is 2. The van der Waals surface area contributed by atoms with Gasteiger partial charge in [0.1, 0.15) is 6.04 Å². The molecule has 26 heavy (non-hydrogen) atoms. The van der Waals surface area contributed by atoms with Gasteiger partial charge in [0, 0.05) is 17.9 Å². The quantitative estimate of drug-likeness (QED) is 0.882. The van der Waals surface area contributed by atoms with Crippen LogP contribution in [-0.2, 0) is 11.2 Å². The molecule has 0 unspecified atom stereocenters. The van der Waals surface area contributed by atoms with Crippen molar-refractivity contribution in [1.82, 2.24) is 5.32 Å². The molecule has 5 heteroatoms. The van der Waals surface area contributed by atoms with Crippen LogP contribution < -0.4 is 15.5 Å². The average Bonchev–Trinajstić information content (AvgIpc) is 3.05. The van der Waals surface area contributed by atoms with Gasteiger partial charge in [-0.05, 0) is 42.5 Å². The maximum atomic E-state index is 13.1. The molecule has 0 radical (unpaired) electrons. The van der Waals surface area contributed by atoms with E-state index in [1.807, 2.05) is 69.3 Å². The molecule has 3 rings (SSSR count).